The lowest BCUT2D eigenvalue weighted by Gasteiger charge is -2.17. The molecule has 150 valence electrons. The van der Waals surface area contributed by atoms with Gasteiger partial charge in [-0.05, 0) is 37.3 Å². The predicted molar refractivity (Wildman–Crippen MR) is 111 cm³/mol. The number of esters is 1. The second-order valence-electron chi connectivity index (χ2n) is 7.27. The normalized spacial score (nSPS) is 12.5. The maximum atomic E-state index is 12.6. The van der Waals surface area contributed by atoms with E-state index >= 15 is 0 Å². The van der Waals surface area contributed by atoms with Gasteiger partial charge in [0.15, 0.2) is 0 Å². The molecule has 1 aromatic carbocycles. The van der Waals surface area contributed by atoms with E-state index in [0.717, 1.165) is 23.7 Å². The molecule has 0 aliphatic rings. The van der Waals surface area contributed by atoms with Crippen LogP contribution in [-0.2, 0) is 17.9 Å². The summed E-state index contributed by atoms with van der Waals surface area (Å²) in [4.78, 5) is 12.6. The molecule has 0 radical (unpaired) electrons. The lowest BCUT2D eigenvalue weighted by atomic mass is 9.87. The standard InChI is InChI=1S/C23H35NO3/c1-5-8-9-10-11-13-17(6-2)18-14-12-15-19-21(18)22(23(26)27-4)20(16-25)24(19)7-3/h12,14-15,17,25H,5-11,13,16H2,1-4H3. The largest absolute Gasteiger partial charge is 0.465 e. The molecular weight excluding hydrogens is 338 g/mol. The highest BCUT2D eigenvalue weighted by molar-refractivity contribution is 6.07. The summed E-state index contributed by atoms with van der Waals surface area (Å²) in [6, 6.07) is 6.27. The van der Waals surface area contributed by atoms with Crippen LogP contribution in [0.5, 0.6) is 0 Å². The molecule has 0 fully saturated rings. The zero-order valence-electron chi connectivity index (χ0n) is 17.4. The van der Waals surface area contributed by atoms with Crippen molar-refractivity contribution in [3.8, 4) is 0 Å². The Hall–Kier alpha value is -1.81. The van der Waals surface area contributed by atoms with Gasteiger partial charge in [0.25, 0.3) is 0 Å². The quantitative estimate of drug-likeness (QED) is 0.400. The highest BCUT2D eigenvalue weighted by Gasteiger charge is 2.26. The van der Waals surface area contributed by atoms with Crippen LogP contribution in [0, 0.1) is 0 Å². The molecule has 0 aliphatic carbocycles. The predicted octanol–water partition coefficient (Wildman–Crippen LogP) is 5.79. The zero-order valence-corrected chi connectivity index (χ0v) is 17.4. The summed E-state index contributed by atoms with van der Waals surface area (Å²) in [5.41, 5.74) is 3.43. The van der Waals surface area contributed by atoms with Crippen LogP contribution in [0.1, 0.15) is 93.3 Å². The number of aliphatic hydroxyl groups excluding tert-OH is 1. The molecule has 4 nitrogen and oxygen atoms in total. The molecule has 1 unspecified atom stereocenters. The number of carbonyl (C=O) groups excluding carboxylic acids is 1. The molecular formula is C23H35NO3. The number of methoxy groups -OCH3 is 1. The first-order chi connectivity index (χ1) is 13.1. The van der Waals surface area contributed by atoms with Gasteiger partial charge in [-0.1, -0.05) is 58.1 Å². The lowest BCUT2D eigenvalue weighted by Crippen LogP contribution is -2.08. The van der Waals surface area contributed by atoms with Crippen LogP contribution in [-0.4, -0.2) is 22.8 Å². The van der Waals surface area contributed by atoms with Crippen molar-refractivity contribution in [3.63, 3.8) is 0 Å². The van der Waals surface area contributed by atoms with E-state index in [1.807, 2.05) is 17.6 Å². The molecule has 4 heteroatoms. The fourth-order valence-electron chi connectivity index (χ4n) is 4.24. The topological polar surface area (TPSA) is 51.5 Å². The van der Waals surface area contributed by atoms with Gasteiger partial charge in [-0.3, -0.25) is 0 Å². The number of benzene rings is 1. The van der Waals surface area contributed by atoms with E-state index in [1.165, 1.54) is 44.8 Å². The molecule has 1 atom stereocenters. The maximum Gasteiger partial charge on any atom is 0.340 e. The molecule has 0 bridgehead atoms. The molecule has 2 aromatic rings. The van der Waals surface area contributed by atoms with Gasteiger partial charge in [0, 0.05) is 17.4 Å². The molecule has 1 aromatic heterocycles. The number of nitrogens with zero attached hydrogens (tertiary/aromatic N) is 1. The Kier molecular flexibility index (Phi) is 8.36. The average molecular weight is 374 g/mol. The van der Waals surface area contributed by atoms with Gasteiger partial charge in [0.05, 0.1) is 25.0 Å². The minimum atomic E-state index is -0.360. The third kappa shape index (κ3) is 4.55. The number of rotatable bonds is 11. The van der Waals surface area contributed by atoms with E-state index in [9.17, 15) is 9.90 Å². The van der Waals surface area contributed by atoms with E-state index in [-0.39, 0.29) is 12.6 Å². The first-order valence-corrected chi connectivity index (χ1v) is 10.5. The second kappa shape index (κ2) is 10.5. The van der Waals surface area contributed by atoms with Crippen molar-refractivity contribution in [2.24, 2.45) is 0 Å². The van der Waals surface area contributed by atoms with Crippen LogP contribution in [0.4, 0.5) is 0 Å². The number of fused-ring (bicyclic) bond motifs is 1. The molecule has 27 heavy (non-hydrogen) atoms. The Bertz CT molecular complexity index is 748. The molecule has 0 saturated carbocycles. The van der Waals surface area contributed by atoms with Crippen LogP contribution < -0.4 is 0 Å². The fraction of sp³-hybridized carbons (Fsp3) is 0.609. The first-order valence-electron chi connectivity index (χ1n) is 10.5. The number of carbonyl (C=O) groups is 1. The van der Waals surface area contributed by atoms with E-state index in [4.69, 9.17) is 4.74 Å². The van der Waals surface area contributed by atoms with Gasteiger partial charge in [-0.2, -0.15) is 0 Å². The smallest absolute Gasteiger partial charge is 0.340 e. The van der Waals surface area contributed by atoms with Crippen LogP contribution >= 0.6 is 0 Å². The van der Waals surface area contributed by atoms with E-state index in [1.54, 1.807) is 0 Å². The van der Waals surface area contributed by atoms with Crippen molar-refractivity contribution < 1.29 is 14.6 Å². The highest BCUT2D eigenvalue weighted by atomic mass is 16.5. The summed E-state index contributed by atoms with van der Waals surface area (Å²) in [6.45, 7) is 7.04. The summed E-state index contributed by atoms with van der Waals surface area (Å²) < 4.78 is 7.12. The number of hydrogen-bond acceptors (Lipinski definition) is 3. The number of aliphatic hydroxyl groups is 1. The molecule has 1 heterocycles. The van der Waals surface area contributed by atoms with Gasteiger partial charge < -0.3 is 14.4 Å². The third-order valence-corrected chi connectivity index (χ3v) is 5.67. The summed E-state index contributed by atoms with van der Waals surface area (Å²) in [7, 11) is 1.41. The van der Waals surface area contributed by atoms with Gasteiger partial charge in [0.2, 0.25) is 0 Å². The molecule has 0 amide bonds. The Labute approximate surface area is 163 Å². The van der Waals surface area contributed by atoms with Crippen molar-refractivity contribution in [1.82, 2.24) is 4.57 Å². The summed E-state index contributed by atoms with van der Waals surface area (Å²) in [5, 5.41) is 10.9. The Balaban J connectivity index is 2.49. The highest BCUT2D eigenvalue weighted by Crippen LogP contribution is 2.37. The van der Waals surface area contributed by atoms with Crippen LogP contribution in [0.25, 0.3) is 10.9 Å². The number of hydrogen-bond donors (Lipinski definition) is 1. The average Bonchev–Trinajstić information content (AvgIpc) is 3.03. The maximum absolute atomic E-state index is 12.6. The SMILES string of the molecule is CCCCCCCC(CC)c1cccc2c1c(C(=O)OC)c(CO)n2CC. The third-order valence-electron chi connectivity index (χ3n) is 5.67. The van der Waals surface area contributed by atoms with Crippen molar-refractivity contribution in [2.45, 2.75) is 84.8 Å². The van der Waals surface area contributed by atoms with E-state index in [2.05, 4.69) is 26.0 Å². The Morgan fingerprint density at radius 3 is 2.48 bits per heavy atom. The van der Waals surface area contributed by atoms with Crippen molar-refractivity contribution in [2.75, 3.05) is 7.11 Å². The van der Waals surface area contributed by atoms with Crippen LogP contribution in [0.3, 0.4) is 0 Å². The number of aryl methyl sites for hydroxylation is 1. The monoisotopic (exact) mass is 373 g/mol. The second-order valence-corrected chi connectivity index (χ2v) is 7.27. The fourth-order valence-corrected chi connectivity index (χ4v) is 4.24. The zero-order chi connectivity index (χ0) is 19.8. The molecule has 1 N–H and O–H groups in total. The first kappa shape index (κ1) is 21.5. The van der Waals surface area contributed by atoms with Gasteiger partial charge >= 0.3 is 5.97 Å². The molecule has 0 spiro atoms. The van der Waals surface area contributed by atoms with Crippen LogP contribution in [0.2, 0.25) is 0 Å². The van der Waals surface area contributed by atoms with Crippen molar-refractivity contribution in [3.05, 3.63) is 35.0 Å². The van der Waals surface area contributed by atoms with Gasteiger partial charge in [-0.15, -0.1) is 0 Å². The van der Waals surface area contributed by atoms with E-state index < -0.39 is 0 Å². The number of aromatic nitrogens is 1. The Morgan fingerprint density at radius 1 is 1.15 bits per heavy atom. The van der Waals surface area contributed by atoms with Crippen molar-refractivity contribution in [1.29, 1.82) is 0 Å². The molecule has 2 rings (SSSR count). The summed E-state index contributed by atoms with van der Waals surface area (Å²) in [6.07, 6.45) is 8.51. The number of ether oxygens (including phenoxy) is 1. The van der Waals surface area contributed by atoms with Gasteiger partial charge in [-0.25, -0.2) is 4.79 Å². The van der Waals surface area contributed by atoms with Crippen molar-refractivity contribution >= 4 is 16.9 Å². The molecule has 0 saturated heterocycles. The minimum Gasteiger partial charge on any atom is -0.465 e. The van der Waals surface area contributed by atoms with E-state index in [0.29, 0.717) is 23.7 Å². The summed E-state index contributed by atoms with van der Waals surface area (Å²) in [5.74, 6) is 0.0551. The summed E-state index contributed by atoms with van der Waals surface area (Å²) >= 11 is 0. The van der Waals surface area contributed by atoms with Crippen LogP contribution in [0.15, 0.2) is 18.2 Å². The molecule has 0 aliphatic heterocycles. The minimum absolute atomic E-state index is 0.166. The number of unbranched alkanes of at least 4 members (excludes halogenated alkanes) is 4. The van der Waals surface area contributed by atoms with Gasteiger partial charge in [0.1, 0.15) is 0 Å². The lowest BCUT2D eigenvalue weighted by molar-refractivity contribution is 0.0598. The Morgan fingerprint density at radius 2 is 1.89 bits per heavy atom.